The minimum atomic E-state index is 0.216. The van der Waals surface area contributed by atoms with Crippen LogP contribution in [0.5, 0.6) is 0 Å². The minimum absolute atomic E-state index is 0.216. The Morgan fingerprint density at radius 3 is 2.60 bits per heavy atom. The lowest BCUT2D eigenvalue weighted by Gasteiger charge is -2.20. The average molecular weight is 261 g/mol. The molecule has 0 aliphatic heterocycles. The topological polar surface area (TPSA) is 15.8 Å². The van der Waals surface area contributed by atoms with Crippen LogP contribution in [0.4, 0.5) is 0 Å². The normalized spacial score (nSPS) is 13.6. The van der Waals surface area contributed by atoms with Crippen molar-refractivity contribution in [3.63, 3.8) is 0 Å². The highest BCUT2D eigenvalue weighted by Gasteiger charge is 2.24. The number of aromatic amines is 1. The lowest BCUT2D eigenvalue weighted by atomic mass is 9.85. The van der Waals surface area contributed by atoms with Gasteiger partial charge in [-0.2, -0.15) is 0 Å². The Morgan fingerprint density at radius 2 is 1.80 bits per heavy atom. The Bertz CT molecular complexity index is 815. The van der Waals surface area contributed by atoms with Crippen LogP contribution in [-0.2, 0) is 11.8 Å². The van der Waals surface area contributed by atoms with Crippen LogP contribution in [0.1, 0.15) is 37.5 Å². The van der Waals surface area contributed by atoms with Crippen LogP contribution < -0.4 is 0 Å². The Balaban J connectivity index is 1.92. The van der Waals surface area contributed by atoms with Gasteiger partial charge in [-0.3, -0.25) is 0 Å². The fraction of sp³-hybridized carbons (Fsp3) is 0.263. The first-order valence-electron chi connectivity index (χ1n) is 7.27. The van der Waals surface area contributed by atoms with Gasteiger partial charge in [0.2, 0.25) is 0 Å². The maximum absolute atomic E-state index is 3.59. The van der Waals surface area contributed by atoms with Crippen LogP contribution in [-0.4, -0.2) is 4.98 Å². The zero-order valence-corrected chi connectivity index (χ0v) is 12.2. The molecule has 3 aromatic rings. The van der Waals surface area contributed by atoms with Crippen LogP contribution in [0.2, 0.25) is 0 Å². The number of aromatic nitrogens is 1. The van der Waals surface area contributed by atoms with E-state index in [0.29, 0.717) is 0 Å². The summed E-state index contributed by atoms with van der Waals surface area (Å²) < 4.78 is 0. The van der Waals surface area contributed by atoms with E-state index in [1.54, 1.807) is 0 Å². The van der Waals surface area contributed by atoms with E-state index in [9.17, 15) is 0 Å². The van der Waals surface area contributed by atoms with Crippen molar-refractivity contribution in [3.8, 4) is 11.3 Å². The average Bonchev–Trinajstić information content (AvgIpc) is 2.93. The molecule has 0 fully saturated rings. The summed E-state index contributed by atoms with van der Waals surface area (Å²) in [5.41, 5.74) is 8.51. The summed E-state index contributed by atoms with van der Waals surface area (Å²) in [5.74, 6) is 0. The van der Waals surface area contributed by atoms with Crippen molar-refractivity contribution in [1.82, 2.24) is 4.98 Å². The lowest BCUT2D eigenvalue weighted by Crippen LogP contribution is -2.11. The number of hydrogen-bond donors (Lipinski definition) is 1. The van der Waals surface area contributed by atoms with Gasteiger partial charge in [0.15, 0.2) is 0 Å². The van der Waals surface area contributed by atoms with Gasteiger partial charge in [0.1, 0.15) is 0 Å². The third-order valence-electron chi connectivity index (χ3n) is 4.42. The number of rotatable bonds is 0. The van der Waals surface area contributed by atoms with Crippen molar-refractivity contribution in [1.29, 1.82) is 0 Å². The molecule has 0 saturated carbocycles. The van der Waals surface area contributed by atoms with Crippen molar-refractivity contribution >= 4 is 10.9 Å². The molecule has 1 aromatic heterocycles. The molecule has 1 N–H and O–H groups in total. The Hall–Kier alpha value is -2.02. The van der Waals surface area contributed by atoms with Crippen LogP contribution >= 0.6 is 0 Å². The predicted octanol–water partition coefficient (Wildman–Crippen LogP) is 5.04. The molecule has 1 nitrogen and oxygen atoms in total. The Morgan fingerprint density at radius 1 is 1.00 bits per heavy atom. The zero-order chi connectivity index (χ0) is 13.9. The summed E-state index contributed by atoms with van der Waals surface area (Å²) in [5, 5.41) is 1.37. The second kappa shape index (κ2) is 3.76. The number of para-hydroxylation sites is 1. The van der Waals surface area contributed by atoms with E-state index in [1.807, 2.05) is 0 Å². The fourth-order valence-corrected chi connectivity index (χ4v) is 3.25. The summed E-state index contributed by atoms with van der Waals surface area (Å²) in [6, 6.07) is 15.6. The number of hydrogen-bond acceptors (Lipinski definition) is 0. The molecule has 0 saturated heterocycles. The maximum atomic E-state index is 3.59. The van der Waals surface area contributed by atoms with E-state index in [2.05, 4.69) is 68.2 Å². The van der Waals surface area contributed by atoms with E-state index < -0.39 is 0 Å². The minimum Gasteiger partial charge on any atom is -0.354 e. The monoisotopic (exact) mass is 261 g/mol. The molecule has 0 radical (unpaired) electrons. The third kappa shape index (κ3) is 1.56. The van der Waals surface area contributed by atoms with Crippen LogP contribution in [0.3, 0.4) is 0 Å². The molecule has 0 atom stereocenters. The Labute approximate surface area is 119 Å². The highest BCUT2D eigenvalue weighted by Crippen LogP contribution is 2.41. The van der Waals surface area contributed by atoms with Gasteiger partial charge in [0.05, 0.1) is 5.69 Å². The van der Waals surface area contributed by atoms with Gasteiger partial charge in [0, 0.05) is 22.9 Å². The Kier molecular flexibility index (Phi) is 2.21. The van der Waals surface area contributed by atoms with Gasteiger partial charge < -0.3 is 4.98 Å². The van der Waals surface area contributed by atoms with Gasteiger partial charge in [0.25, 0.3) is 0 Å². The molecule has 1 heteroatoms. The van der Waals surface area contributed by atoms with E-state index in [4.69, 9.17) is 0 Å². The van der Waals surface area contributed by atoms with Crippen molar-refractivity contribution in [2.45, 2.75) is 32.6 Å². The first-order valence-corrected chi connectivity index (χ1v) is 7.27. The number of benzene rings is 2. The molecule has 2 aromatic carbocycles. The maximum Gasteiger partial charge on any atom is 0.0503 e. The van der Waals surface area contributed by atoms with E-state index in [0.717, 1.165) is 6.42 Å². The van der Waals surface area contributed by atoms with Gasteiger partial charge in [-0.05, 0) is 28.2 Å². The highest BCUT2D eigenvalue weighted by molar-refractivity contribution is 5.94. The molecule has 100 valence electrons. The third-order valence-corrected chi connectivity index (χ3v) is 4.42. The number of nitrogens with one attached hydrogen (secondary N) is 1. The summed E-state index contributed by atoms with van der Waals surface area (Å²) in [7, 11) is 0. The summed E-state index contributed by atoms with van der Waals surface area (Å²) >= 11 is 0. The van der Waals surface area contributed by atoms with Crippen molar-refractivity contribution in [2.75, 3.05) is 0 Å². The van der Waals surface area contributed by atoms with Gasteiger partial charge in [-0.1, -0.05) is 57.2 Å². The van der Waals surface area contributed by atoms with Crippen molar-refractivity contribution in [2.24, 2.45) is 0 Å². The van der Waals surface area contributed by atoms with Crippen molar-refractivity contribution in [3.05, 3.63) is 59.2 Å². The summed E-state index contributed by atoms with van der Waals surface area (Å²) in [6.45, 7) is 6.83. The molecule has 0 bridgehead atoms. The molecule has 20 heavy (non-hydrogen) atoms. The lowest BCUT2D eigenvalue weighted by molar-refractivity contribution is 0.590. The quantitative estimate of drug-likeness (QED) is 0.456. The first kappa shape index (κ1) is 11.8. The second-order valence-electron chi connectivity index (χ2n) is 6.82. The predicted molar refractivity (Wildman–Crippen MR) is 85.2 cm³/mol. The zero-order valence-electron chi connectivity index (χ0n) is 12.2. The van der Waals surface area contributed by atoms with E-state index >= 15 is 0 Å². The van der Waals surface area contributed by atoms with Gasteiger partial charge in [-0.25, -0.2) is 0 Å². The summed E-state index contributed by atoms with van der Waals surface area (Å²) in [6.07, 6.45) is 1.05. The summed E-state index contributed by atoms with van der Waals surface area (Å²) in [4.78, 5) is 3.59. The second-order valence-corrected chi connectivity index (χ2v) is 6.82. The standard InChI is InChI=1S/C19H19N/c1-19(2,3)13-8-9-14-12(10-13)11-16-15-6-4-5-7-17(15)20-18(14)16/h4-10,20H,11H2,1-3H3. The van der Waals surface area contributed by atoms with Crippen LogP contribution in [0.15, 0.2) is 42.5 Å². The smallest absolute Gasteiger partial charge is 0.0503 e. The highest BCUT2D eigenvalue weighted by atomic mass is 14.7. The number of fused-ring (bicyclic) bond motifs is 5. The van der Waals surface area contributed by atoms with Gasteiger partial charge in [-0.15, -0.1) is 0 Å². The molecule has 1 aliphatic rings. The molecule has 1 aliphatic carbocycles. The molecular formula is C19H19N. The molecule has 0 spiro atoms. The molecular weight excluding hydrogens is 242 g/mol. The SMILES string of the molecule is CC(C)(C)c1ccc2c(c1)Cc1c-2[nH]c2ccccc12. The first-order chi connectivity index (χ1) is 9.54. The molecule has 4 rings (SSSR count). The van der Waals surface area contributed by atoms with Crippen molar-refractivity contribution < 1.29 is 0 Å². The van der Waals surface area contributed by atoms with Gasteiger partial charge >= 0.3 is 0 Å². The van der Waals surface area contributed by atoms with Crippen LogP contribution in [0.25, 0.3) is 22.2 Å². The largest absolute Gasteiger partial charge is 0.354 e. The van der Waals surface area contributed by atoms with Crippen LogP contribution in [0, 0.1) is 0 Å². The molecule has 0 unspecified atom stereocenters. The number of H-pyrrole nitrogens is 1. The molecule has 0 amide bonds. The molecule has 1 heterocycles. The van der Waals surface area contributed by atoms with E-state index in [1.165, 1.54) is 38.9 Å². The van der Waals surface area contributed by atoms with E-state index in [-0.39, 0.29) is 5.41 Å². The fourth-order valence-electron chi connectivity index (χ4n) is 3.25.